The Morgan fingerprint density at radius 1 is 1.26 bits per heavy atom. The molecule has 1 aromatic carbocycles. The molecule has 1 saturated heterocycles. The van der Waals surface area contributed by atoms with Crippen LogP contribution in [0.1, 0.15) is 42.1 Å². The minimum atomic E-state index is -0.655. The predicted molar refractivity (Wildman–Crippen MR) is 121 cm³/mol. The summed E-state index contributed by atoms with van der Waals surface area (Å²) in [5, 5.41) is 4.08. The molecule has 3 aromatic rings. The zero-order valence-corrected chi connectivity index (χ0v) is 18.7. The first kappa shape index (κ1) is 21.4. The van der Waals surface area contributed by atoms with Crippen LogP contribution < -0.4 is 10.1 Å². The number of thioether (sulfide) groups is 1. The van der Waals surface area contributed by atoms with Gasteiger partial charge in [0.15, 0.2) is 5.78 Å². The van der Waals surface area contributed by atoms with Crippen molar-refractivity contribution in [3.8, 4) is 5.75 Å². The monoisotopic (exact) mass is 439 g/mol. The van der Waals surface area contributed by atoms with Crippen molar-refractivity contribution in [1.29, 1.82) is 0 Å². The van der Waals surface area contributed by atoms with Crippen LogP contribution in [0.5, 0.6) is 5.75 Å². The summed E-state index contributed by atoms with van der Waals surface area (Å²) in [6.07, 6.45) is 4.57. The Hall–Kier alpha value is -2.84. The van der Waals surface area contributed by atoms with Gasteiger partial charge in [-0.05, 0) is 44.5 Å². The zero-order chi connectivity index (χ0) is 22.2. The van der Waals surface area contributed by atoms with E-state index in [0.717, 1.165) is 5.56 Å². The third-order valence-corrected chi connectivity index (χ3v) is 6.22. The van der Waals surface area contributed by atoms with E-state index in [1.165, 1.54) is 4.57 Å². The SMILES string of the molecule is COc1ccc2c(C(=O)C3CSC(c4cccnc4)N3)cn(C(=O)OC(C)(C)C)c2c1. The number of benzene rings is 1. The van der Waals surface area contributed by atoms with Crippen LogP contribution in [0.3, 0.4) is 0 Å². The molecule has 4 rings (SSSR count). The van der Waals surface area contributed by atoms with Crippen LogP contribution in [0.4, 0.5) is 4.79 Å². The third kappa shape index (κ3) is 4.45. The number of nitrogens with zero attached hydrogens (tertiary/aromatic N) is 2. The topological polar surface area (TPSA) is 82.5 Å². The van der Waals surface area contributed by atoms with Gasteiger partial charge in [-0.2, -0.15) is 0 Å². The van der Waals surface area contributed by atoms with Crippen molar-refractivity contribution in [2.45, 2.75) is 37.8 Å². The second kappa shape index (κ2) is 8.36. The van der Waals surface area contributed by atoms with Gasteiger partial charge in [0, 0.05) is 41.4 Å². The summed E-state index contributed by atoms with van der Waals surface area (Å²) >= 11 is 1.67. The van der Waals surface area contributed by atoms with E-state index in [9.17, 15) is 9.59 Å². The Morgan fingerprint density at radius 3 is 2.74 bits per heavy atom. The molecule has 1 aliphatic heterocycles. The zero-order valence-electron chi connectivity index (χ0n) is 17.9. The molecule has 1 N–H and O–H groups in total. The maximum atomic E-state index is 13.4. The number of carbonyl (C=O) groups is 2. The Labute approximate surface area is 185 Å². The van der Waals surface area contributed by atoms with Crippen molar-refractivity contribution in [3.05, 3.63) is 60.0 Å². The molecular weight excluding hydrogens is 414 g/mol. The van der Waals surface area contributed by atoms with Crippen LogP contribution >= 0.6 is 11.8 Å². The standard InChI is InChI=1S/C23H25N3O4S/c1-23(2,3)30-22(28)26-12-17(16-8-7-15(29-4)10-19(16)26)20(27)18-13-31-21(25-18)14-6-5-9-24-11-14/h5-12,18,21,25H,13H2,1-4H3. The molecule has 0 bridgehead atoms. The number of hydrogen-bond donors (Lipinski definition) is 1. The van der Waals surface area contributed by atoms with E-state index in [-0.39, 0.29) is 17.2 Å². The molecule has 0 saturated carbocycles. The predicted octanol–water partition coefficient (Wildman–Crippen LogP) is 4.41. The van der Waals surface area contributed by atoms with Crippen LogP contribution in [-0.2, 0) is 4.74 Å². The average molecular weight is 440 g/mol. The van der Waals surface area contributed by atoms with Gasteiger partial charge in [-0.3, -0.25) is 19.7 Å². The van der Waals surface area contributed by atoms with E-state index < -0.39 is 11.7 Å². The van der Waals surface area contributed by atoms with Crippen LogP contribution in [0.15, 0.2) is 48.9 Å². The summed E-state index contributed by atoms with van der Waals surface area (Å²) in [7, 11) is 1.56. The number of ether oxygens (including phenoxy) is 2. The number of fused-ring (bicyclic) bond motifs is 1. The third-order valence-electron chi connectivity index (χ3n) is 4.95. The van der Waals surface area contributed by atoms with E-state index in [0.29, 0.717) is 28.0 Å². The molecule has 2 unspecified atom stereocenters. The number of methoxy groups -OCH3 is 1. The highest BCUT2D eigenvalue weighted by Gasteiger charge is 2.33. The van der Waals surface area contributed by atoms with Gasteiger partial charge < -0.3 is 9.47 Å². The van der Waals surface area contributed by atoms with Gasteiger partial charge in [0.1, 0.15) is 11.4 Å². The lowest BCUT2D eigenvalue weighted by atomic mass is 10.0. The maximum absolute atomic E-state index is 13.4. The van der Waals surface area contributed by atoms with Gasteiger partial charge in [-0.1, -0.05) is 6.07 Å². The van der Waals surface area contributed by atoms with Crippen LogP contribution in [0.2, 0.25) is 0 Å². The van der Waals surface area contributed by atoms with E-state index in [2.05, 4.69) is 10.3 Å². The fraction of sp³-hybridized carbons (Fsp3) is 0.348. The molecule has 0 spiro atoms. The molecule has 8 heteroatoms. The molecule has 162 valence electrons. The Morgan fingerprint density at radius 2 is 2.06 bits per heavy atom. The molecule has 1 fully saturated rings. The number of carbonyl (C=O) groups excluding carboxylic acids is 2. The van der Waals surface area contributed by atoms with E-state index in [4.69, 9.17) is 9.47 Å². The highest BCUT2D eigenvalue weighted by Crippen LogP contribution is 2.35. The molecule has 0 aliphatic carbocycles. The number of rotatable bonds is 4. The molecule has 0 amide bonds. The first-order valence-electron chi connectivity index (χ1n) is 10.0. The van der Waals surface area contributed by atoms with Crippen molar-refractivity contribution in [3.63, 3.8) is 0 Å². The quantitative estimate of drug-likeness (QED) is 0.603. The van der Waals surface area contributed by atoms with Crippen molar-refractivity contribution >= 4 is 34.5 Å². The van der Waals surface area contributed by atoms with Gasteiger partial charge in [0.2, 0.25) is 0 Å². The summed E-state index contributed by atoms with van der Waals surface area (Å²) in [5.41, 5.74) is 1.43. The molecule has 1 aliphatic rings. The van der Waals surface area contributed by atoms with Crippen LogP contribution in [-0.4, -0.2) is 45.9 Å². The molecule has 31 heavy (non-hydrogen) atoms. The summed E-state index contributed by atoms with van der Waals surface area (Å²) in [6.45, 7) is 5.42. The largest absolute Gasteiger partial charge is 0.497 e. The highest BCUT2D eigenvalue weighted by molar-refractivity contribution is 7.99. The molecule has 3 heterocycles. The maximum Gasteiger partial charge on any atom is 0.419 e. The van der Waals surface area contributed by atoms with Crippen molar-refractivity contribution in [2.24, 2.45) is 0 Å². The van der Waals surface area contributed by atoms with E-state index >= 15 is 0 Å². The van der Waals surface area contributed by atoms with Gasteiger partial charge in [0.25, 0.3) is 0 Å². The van der Waals surface area contributed by atoms with Crippen molar-refractivity contribution in [1.82, 2.24) is 14.9 Å². The van der Waals surface area contributed by atoms with Crippen LogP contribution in [0.25, 0.3) is 10.9 Å². The van der Waals surface area contributed by atoms with Gasteiger partial charge in [-0.15, -0.1) is 11.8 Å². The second-order valence-corrected chi connectivity index (χ2v) is 9.50. The van der Waals surface area contributed by atoms with Gasteiger partial charge in [-0.25, -0.2) is 4.79 Å². The lowest BCUT2D eigenvalue weighted by Crippen LogP contribution is -2.34. The minimum Gasteiger partial charge on any atom is -0.497 e. The van der Waals surface area contributed by atoms with Crippen LogP contribution in [0, 0.1) is 0 Å². The lowest BCUT2D eigenvalue weighted by Gasteiger charge is -2.19. The smallest absolute Gasteiger partial charge is 0.419 e. The summed E-state index contributed by atoms with van der Waals surface area (Å²) in [6, 6.07) is 8.84. The number of nitrogens with one attached hydrogen (secondary N) is 1. The van der Waals surface area contributed by atoms with Crippen molar-refractivity contribution in [2.75, 3.05) is 12.9 Å². The molecule has 2 aromatic heterocycles. The second-order valence-electron chi connectivity index (χ2n) is 8.36. The minimum absolute atomic E-state index is 0.00181. The first-order valence-corrected chi connectivity index (χ1v) is 11.1. The fourth-order valence-corrected chi connectivity index (χ4v) is 4.75. The number of hydrogen-bond acceptors (Lipinski definition) is 7. The highest BCUT2D eigenvalue weighted by atomic mass is 32.2. The fourth-order valence-electron chi connectivity index (χ4n) is 3.53. The van der Waals surface area contributed by atoms with Gasteiger partial charge >= 0.3 is 6.09 Å². The number of pyridine rings is 1. The Bertz CT molecular complexity index is 1120. The summed E-state index contributed by atoms with van der Waals surface area (Å²) in [5.74, 6) is 1.17. The molecular formula is C23H25N3O4S. The number of Topliss-reactive ketones (excluding diaryl/α,β-unsaturated/α-hetero) is 1. The average Bonchev–Trinajstić information content (AvgIpc) is 3.38. The Kier molecular flexibility index (Phi) is 5.77. The number of ketones is 1. The summed E-state index contributed by atoms with van der Waals surface area (Å²) in [4.78, 5) is 30.4. The van der Waals surface area contributed by atoms with E-state index in [1.54, 1.807) is 49.6 Å². The molecule has 0 radical (unpaired) electrons. The molecule has 2 atom stereocenters. The number of aromatic nitrogens is 2. The summed E-state index contributed by atoms with van der Waals surface area (Å²) < 4.78 is 12.2. The normalized spacial score (nSPS) is 18.8. The first-order chi connectivity index (χ1) is 14.8. The lowest BCUT2D eigenvalue weighted by molar-refractivity contribution is 0.0544. The van der Waals surface area contributed by atoms with Gasteiger partial charge in [0.05, 0.1) is 24.0 Å². The van der Waals surface area contributed by atoms with E-state index in [1.807, 2.05) is 39.0 Å². The molecule has 7 nitrogen and oxygen atoms in total. The Balaban J connectivity index is 1.67. The van der Waals surface area contributed by atoms with Crippen molar-refractivity contribution < 1.29 is 19.1 Å².